The molecule has 8 nitrogen and oxygen atoms in total. The van der Waals surface area contributed by atoms with Crippen LogP contribution in [0.25, 0.3) is 10.9 Å². The van der Waals surface area contributed by atoms with Gasteiger partial charge in [-0.1, -0.05) is 53.7 Å². The van der Waals surface area contributed by atoms with Crippen LogP contribution in [0.3, 0.4) is 0 Å². The molecule has 5 rings (SSSR count). The first-order valence-electron chi connectivity index (χ1n) is 11.4. The van der Waals surface area contributed by atoms with Crippen molar-refractivity contribution in [3.05, 3.63) is 83.7 Å². The number of hydrogen-bond donors (Lipinski definition) is 1. The van der Waals surface area contributed by atoms with E-state index in [4.69, 9.17) is 4.52 Å². The zero-order valence-electron chi connectivity index (χ0n) is 19.1. The van der Waals surface area contributed by atoms with E-state index in [1.165, 1.54) is 5.56 Å². The van der Waals surface area contributed by atoms with Gasteiger partial charge in [0, 0.05) is 55.9 Å². The number of nitrogens with zero attached hydrogens (tertiary/aromatic N) is 4. The fourth-order valence-electron chi connectivity index (χ4n) is 4.42. The number of aryl methyl sites for hydroxylation is 1. The third-order valence-corrected chi connectivity index (χ3v) is 6.14. The molecule has 0 unspecified atom stereocenters. The number of anilines is 1. The second-order valence-corrected chi connectivity index (χ2v) is 8.61. The highest BCUT2D eigenvalue weighted by atomic mass is 16.5. The van der Waals surface area contributed by atoms with Crippen LogP contribution in [0.2, 0.25) is 0 Å². The summed E-state index contributed by atoms with van der Waals surface area (Å²) in [5.41, 5.74) is 2.96. The van der Waals surface area contributed by atoms with E-state index in [1.807, 2.05) is 52.4 Å². The number of nitrogens with one attached hydrogen (secondary N) is 1. The molecule has 1 aliphatic rings. The maximum absolute atomic E-state index is 13.4. The molecular formula is C26H27N5O3. The first-order chi connectivity index (χ1) is 16.6. The smallest absolute Gasteiger partial charge is 0.256 e. The molecule has 0 atom stereocenters. The van der Waals surface area contributed by atoms with Crippen LogP contribution in [0.5, 0.6) is 0 Å². The molecule has 0 bridgehead atoms. The minimum absolute atomic E-state index is 0.0326. The van der Waals surface area contributed by atoms with Crippen molar-refractivity contribution in [1.29, 1.82) is 0 Å². The summed E-state index contributed by atoms with van der Waals surface area (Å²) in [5, 5.41) is 7.50. The van der Waals surface area contributed by atoms with Crippen molar-refractivity contribution in [1.82, 2.24) is 19.5 Å². The molecular weight excluding hydrogens is 430 g/mol. The van der Waals surface area contributed by atoms with E-state index >= 15 is 0 Å². The van der Waals surface area contributed by atoms with Crippen LogP contribution in [-0.2, 0) is 11.3 Å². The van der Waals surface area contributed by atoms with Gasteiger partial charge in [-0.25, -0.2) is 0 Å². The Hall–Kier alpha value is -3.91. The van der Waals surface area contributed by atoms with Gasteiger partial charge in [0.05, 0.1) is 12.1 Å². The van der Waals surface area contributed by atoms with Crippen LogP contribution >= 0.6 is 0 Å². The van der Waals surface area contributed by atoms with Gasteiger partial charge in [-0.2, -0.15) is 0 Å². The lowest BCUT2D eigenvalue weighted by Gasteiger charge is -2.34. The van der Waals surface area contributed by atoms with Gasteiger partial charge in [-0.3, -0.25) is 14.5 Å². The highest BCUT2D eigenvalue weighted by Gasteiger charge is 2.26. The molecule has 34 heavy (non-hydrogen) atoms. The van der Waals surface area contributed by atoms with Crippen LogP contribution in [0.4, 0.5) is 5.82 Å². The van der Waals surface area contributed by atoms with Gasteiger partial charge in [-0.05, 0) is 18.6 Å². The number of amides is 2. The van der Waals surface area contributed by atoms with Gasteiger partial charge in [-0.15, -0.1) is 0 Å². The Balaban J connectivity index is 1.24. The summed E-state index contributed by atoms with van der Waals surface area (Å²) in [6.45, 7) is 5.17. The third kappa shape index (κ3) is 4.72. The molecule has 1 fully saturated rings. The Morgan fingerprint density at radius 2 is 1.74 bits per heavy atom. The van der Waals surface area contributed by atoms with E-state index in [-0.39, 0.29) is 18.4 Å². The number of benzene rings is 2. The van der Waals surface area contributed by atoms with Crippen molar-refractivity contribution >= 4 is 28.5 Å². The van der Waals surface area contributed by atoms with Crippen molar-refractivity contribution < 1.29 is 14.1 Å². The summed E-state index contributed by atoms with van der Waals surface area (Å²) >= 11 is 0. The number of fused-ring (bicyclic) bond motifs is 1. The summed E-state index contributed by atoms with van der Waals surface area (Å²) in [6.07, 6.45) is 1.97. The number of para-hydroxylation sites is 1. The normalized spacial score (nSPS) is 14.4. The van der Waals surface area contributed by atoms with Crippen molar-refractivity contribution in [2.45, 2.75) is 13.5 Å². The number of rotatable bonds is 6. The molecule has 4 aromatic rings. The monoisotopic (exact) mass is 457 g/mol. The van der Waals surface area contributed by atoms with Gasteiger partial charge in [0.25, 0.3) is 5.91 Å². The number of carbonyl (C=O) groups is 2. The Morgan fingerprint density at radius 1 is 1.00 bits per heavy atom. The average Bonchev–Trinajstić information content (AvgIpc) is 3.43. The van der Waals surface area contributed by atoms with Gasteiger partial charge in [0.15, 0.2) is 5.82 Å². The van der Waals surface area contributed by atoms with E-state index in [2.05, 4.69) is 33.2 Å². The maximum Gasteiger partial charge on any atom is 0.256 e. The van der Waals surface area contributed by atoms with Gasteiger partial charge >= 0.3 is 0 Å². The average molecular weight is 458 g/mol. The molecule has 0 aliphatic carbocycles. The van der Waals surface area contributed by atoms with Gasteiger partial charge in [0.2, 0.25) is 5.91 Å². The first kappa shape index (κ1) is 21.9. The van der Waals surface area contributed by atoms with Crippen LogP contribution < -0.4 is 5.32 Å². The fourth-order valence-corrected chi connectivity index (χ4v) is 4.42. The summed E-state index contributed by atoms with van der Waals surface area (Å²) in [7, 11) is 0. The fraction of sp³-hybridized carbons (Fsp3) is 0.269. The van der Waals surface area contributed by atoms with Crippen molar-refractivity contribution in [2.75, 3.05) is 38.0 Å². The standard InChI is InChI=1S/C26H27N5O3/c1-19-15-24(28-34-19)27-25(32)18-29-11-13-30(14-12-29)26(33)22-17-31(16-20-7-3-2-4-8-20)23-10-6-5-9-21(22)23/h2-10,15,17H,11-14,16,18H2,1H3,(H,27,28,32). The Kier molecular flexibility index (Phi) is 6.14. The van der Waals surface area contributed by atoms with Crippen molar-refractivity contribution in [3.63, 3.8) is 0 Å². The summed E-state index contributed by atoms with van der Waals surface area (Å²) in [4.78, 5) is 29.7. The molecule has 1 aliphatic heterocycles. The lowest BCUT2D eigenvalue weighted by molar-refractivity contribution is -0.117. The van der Waals surface area contributed by atoms with E-state index in [1.54, 1.807) is 13.0 Å². The van der Waals surface area contributed by atoms with Crippen LogP contribution in [0, 0.1) is 6.92 Å². The topological polar surface area (TPSA) is 83.6 Å². The summed E-state index contributed by atoms with van der Waals surface area (Å²) < 4.78 is 7.12. The van der Waals surface area contributed by atoms with E-state index < -0.39 is 0 Å². The molecule has 0 saturated carbocycles. The maximum atomic E-state index is 13.4. The van der Waals surface area contributed by atoms with E-state index in [0.717, 1.165) is 16.5 Å². The van der Waals surface area contributed by atoms with Gasteiger partial charge in [0.1, 0.15) is 5.76 Å². The zero-order chi connectivity index (χ0) is 23.5. The molecule has 0 radical (unpaired) electrons. The lowest BCUT2D eigenvalue weighted by atomic mass is 10.1. The van der Waals surface area contributed by atoms with Crippen molar-refractivity contribution in [2.24, 2.45) is 0 Å². The minimum atomic E-state index is -0.142. The first-order valence-corrected chi connectivity index (χ1v) is 11.4. The molecule has 1 N–H and O–H groups in total. The number of piperazine rings is 1. The molecule has 3 heterocycles. The lowest BCUT2D eigenvalue weighted by Crippen LogP contribution is -2.50. The molecule has 2 aromatic heterocycles. The highest BCUT2D eigenvalue weighted by molar-refractivity contribution is 6.07. The minimum Gasteiger partial charge on any atom is -0.360 e. The van der Waals surface area contributed by atoms with Crippen LogP contribution in [0.15, 0.2) is 71.4 Å². The molecule has 1 saturated heterocycles. The Labute approximate surface area is 197 Å². The molecule has 8 heteroatoms. The zero-order valence-corrected chi connectivity index (χ0v) is 19.1. The quantitative estimate of drug-likeness (QED) is 0.480. The Bertz CT molecular complexity index is 1300. The highest BCUT2D eigenvalue weighted by Crippen LogP contribution is 2.24. The van der Waals surface area contributed by atoms with Crippen LogP contribution in [0.1, 0.15) is 21.7 Å². The molecule has 2 amide bonds. The third-order valence-electron chi connectivity index (χ3n) is 6.14. The Morgan fingerprint density at radius 3 is 2.47 bits per heavy atom. The van der Waals surface area contributed by atoms with Gasteiger partial charge < -0.3 is 19.3 Å². The number of hydrogen-bond acceptors (Lipinski definition) is 5. The second-order valence-electron chi connectivity index (χ2n) is 8.61. The molecule has 2 aromatic carbocycles. The SMILES string of the molecule is Cc1cc(NC(=O)CN2CCN(C(=O)c3cn(Cc4ccccc4)c4ccccc34)CC2)no1. The predicted molar refractivity (Wildman–Crippen MR) is 130 cm³/mol. The molecule has 0 spiro atoms. The molecule has 174 valence electrons. The predicted octanol–water partition coefficient (Wildman–Crippen LogP) is 3.38. The second kappa shape index (κ2) is 9.52. The largest absolute Gasteiger partial charge is 0.360 e. The van der Waals surface area contributed by atoms with Crippen molar-refractivity contribution in [3.8, 4) is 0 Å². The van der Waals surface area contributed by atoms with Crippen LogP contribution in [-0.4, -0.2) is 64.1 Å². The summed E-state index contributed by atoms with van der Waals surface area (Å²) in [5.74, 6) is 0.956. The number of aromatic nitrogens is 2. The summed E-state index contributed by atoms with van der Waals surface area (Å²) in [6, 6.07) is 20.0. The number of carbonyl (C=O) groups excluding carboxylic acids is 2. The van der Waals surface area contributed by atoms with E-state index in [9.17, 15) is 9.59 Å². The van der Waals surface area contributed by atoms with E-state index in [0.29, 0.717) is 44.3 Å².